The van der Waals surface area contributed by atoms with Gasteiger partial charge in [0, 0.05) is 5.56 Å². The van der Waals surface area contributed by atoms with Crippen molar-refractivity contribution < 1.29 is 19.1 Å². The number of urea groups is 1. The molecule has 2 aromatic carbocycles. The number of imide groups is 1. The second-order valence-electron chi connectivity index (χ2n) is 10.5. The molecule has 1 heterocycles. The maximum absolute atomic E-state index is 12.2. The van der Waals surface area contributed by atoms with Gasteiger partial charge in [0.25, 0.3) is 0 Å². The van der Waals surface area contributed by atoms with Crippen LogP contribution in [-0.4, -0.2) is 37.6 Å². The number of fused-ring (bicyclic) bond motifs is 1. The van der Waals surface area contributed by atoms with E-state index in [9.17, 15) is 9.59 Å². The smallest absolute Gasteiger partial charge is 0.324 e. The maximum Gasteiger partial charge on any atom is 0.324 e. The number of carbonyl (C=O) groups is 2. The summed E-state index contributed by atoms with van der Waals surface area (Å²) < 4.78 is 11.5. The van der Waals surface area contributed by atoms with Crippen molar-refractivity contribution in [3.8, 4) is 22.6 Å². The molecule has 0 bridgehead atoms. The van der Waals surface area contributed by atoms with E-state index in [1.165, 1.54) is 16.0 Å². The Kier molecular flexibility index (Phi) is 5.67. The Hall–Kier alpha value is -3.02. The van der Waals surface area contributed by atoms with Crippen LogP contribution in [0.3, 0.4) is 0 Å². The summed E-state index contributed by atoms with van der Waals surface area (Å²) in [4.78, 5) is 25.5. The fraction of sp³-hybridized carbons (Fsp3) is 0.481. The first kappa shape index (κ1) is 23.1. The molecule has 33 heavy (non-hydrogen) atoms. The number of hydrogen-bond donors (Lipinski definition) is 1. The SMILES string of the molecule is COc1cc(CN2C(=O)CNC2=O)cc(-c2cc3c(cc2C)C(C)(C)CCC3(C)C)c1OC. The highest BCUT2D eigenvalue weighted by Gasteiger charge is 2.38. The van der Waals surface area contributed by atoms with Crippen LogP contribution in [0.5, 0.6) is 11.5 Å². The van der Waals surface area contributed by atoms with Crippen molar-refractivity contribution in [2.24, 2.45) is 0 Å². The second-order valence-corrected chi connectivity index (χ2v) is 10.5. The minimum absolute atomic E-state index is 0.0355. The molecule has 1 N–H and O–H groups in total. The number of nitrogens with zero attached hydrogens (tertiary/aromatic N) is 1. The van der Waals surface area contributed by atoms with E-state index in [1.807, 2.05) is 12.1 Å². The van der Waals surface area contributed by atoms with Gasteiger partial charge in [0.15, 0.2) is 11.5 Å². The molecule has 0 atom stereocenters. The van der Waals surface area contributed by atoms with Crippen molar-refractivity contribution in [1.29, 1.82) is 0 Å². The van der Waals surface area contributed by atoms with Gasteiger partial charge >= 0.3 is 6.03 Å². The van der Waals surface area contributed by atoms with Gasteiger partial charge in [-0.05, 0) is 76.6 Å². The van der Waals surface area contributed by atoms with E-state index in [0.717, 1.165) is 35.1 Å². The molecule has 2 aromatic rings. The predicted octanol–water partition coefficient (Wildman–Crippen LogP) is 5.08. The molecule has 3 amide bonds. The molecule has 1 saturated heterocycles. The number of amides is 3. The molecule has 6 nitrogen and oxygen atoms in total. The fourth-order valence-corrected chi connectivity index (χ4v) is 5.12. The number of hydrogen-bond acceptors (Lipinski definition) is 4. The molecule has 1 aliphatic heterocycles. The van der Waals surface area contributed by atoms with Crippen LogP contribution in [0.25, 0.3) is 11.1 Å². The quantitative estimate of drug-likeness (QED) is 0.645. The van der Waals surface area contributed by atoms with Crippen molar-refractivity contribution in [2.45, 2.75) is 64.8 Å². The molecule has 0 saturated carbocycles. The van der Waals surface area contributed by atoms with Crippen molar-refractivity contribution in [3.05, 3.63) is 46.5 Å². The lowest BCUT2D eigenvalue weighted by molar-refractivity contribution is -0.125. The highest BCUT2D eigenvalue weighted by Crippen LogP contribution is 2.49. The van der Waals surface area contributed by atoms with Crippen LogP contribution in [0.2, 0.25) is 0 Å². The Bertz CT molecular complexity index is 1120. The summed E-state index contributed by atoms with van der Waals surface area (Å²) in [5.74, 6) is 0.994. The number of nitrogens with one attached hydrogen (secondary N) is 1. The Labute approximate surface area is 196 Å². The fourth-order valence-electron chi connectivity index (χ4n) is 5.12. The van der Waals surface area contributed by atoms with E-state index in [0.29, 0.717) is 11.5 Å². The van der Waals surface area contributed by atoms with Crippen LogP contribution in [0, 0.1) is 6.92 Å². The van der Waals surface area contributed by atoms with Crippen molar-refractivity contribution in [1.82, 2.24) is 10.2 Å². The van der Waals surface area contributed by atoms with Crippen LogP contribution < -0.4 is 14.8 Å². The monoisotopic (exact) mass is 450 g/mol. The van der Waals surface area contributed by atoms with Crippen LogP contribution >= 0.6 is 0 Å². The first-order valence-electron chi connectivity index (χ1n) is 11.5. The van der Waals surface area contributed by atoms with Crippen LogP contribution in [0.1, 0.15) is 62.8 Å². The predicted molar refractivity (Wildman–Crippen MR) is 129 cm³/mol. The number of aryl methyl sites for hydroxylation is 1. The molecular weight excluding hydrogens is 416 g/mol. The van der Waals surface area contributed by atoms with Gasteiger partial charge in [-0.2, -0.15) is 0 Å². The number of carbonyl (C=O) groups excluding carboxylic acids is 2. The molecular formula is C27H34N2O4. The van der Waals surface area contributed by atoms with Crippen molar-refractivity contribution in [2.75, 3.05) is 20.8 Å². The molecule has 0 aromatic heterocycles. The third-order valence-corrected chi connectivity index (χ3v) is 7.30. The molecule has 1 fully saturated rings. The van der Waals surface area contributed by atoms with Gasteiger partial charge in [-0.15, -0.1) is 0 Å². The standard InChI is InChI=1S/C27H34N2O4/c1-16-10-20-21(27(4,5)9-8-26(20,2)3)13-18(16)19-11-17(12-22(32-6)24(19)33-7)15-29-23(30)14-28-25(29)31/h10-13H,8-9,14-15H2,1-7H3,(H,28,31). The molecule has 0 spiro atoms. The van der Waals surface area contributed by atoms with E-state index in [2.05, 4.69) is 52.1 Å². The minimum Gasteiger partial charge on any atom is -0.493 e. The lowest BCUT2D eigenvalue weighted by atomic mass is 9.62. The van der Waals surface area contributed by atoms with Gasteiger partial charge in [-0.1, -0.05) is 33.8 Å². The summed E-state index contributed by atoms with van der Waals surface area (Å²) in [6, 6.07) is 8.10. The average Bonchev–Trinajstić information content (AvgIpc) is 3.08. The highest BCUT2D eigenvalue weighted by atomic mass is 16.5. The van der Waals surface area contributed by atoms with E-state index in [1.54, 1.807) is 14.2 Å². The molecule has 4 rings (SSSR count). The largest absolute Gasteiger partial charge is 0.493 e. The van der Waals surface area contributed by atoms with E-state index in [-0.39, 0.29) is 35.9 Å². The third-order valence-electron chi connectivity index (χ3n) is 7.30. The van der Waals surface area contributed by atoms with Crippen LogP contribution in [-0.2, 0) is 22.2 Å². The third kappa shape index (κ3) is 3.96. The zero-order chi connectivity index (χ0) is 24.1. The topological polar surface area (TPSA) is 67.9 Å². The zero-order valence-electron chi connectivity index (χ0n) is 20.7. The summed E-state index contributed by atoms with van der Waals surface area (Å²) in [5.41, 5.74) is 6.91. The normalized spacial score (nSPS) is 18.7. The van der Waals surface area contributed by atoms with E-state index >= 15 is 0 Å². The van der Waals surface area contributed by atoms with Gasteiger partial charge in [-0.25, -0.2) is 4.79 Å². The molecule has 176 valence electrons. The van der Waals surface area contributed by atoms with E-state index < -0.39 is 0 Å². The maximum atomic E-state index is 12.2. The molecule has 2 aliphatic rings. The second kappa shape index (κ2) is 8.08. The number of methoxy groups -OCH3 is 2. The highest BCUT2D eigenvalue weighted by molar-refractivity contribution is 6.01. The van der Waals surface area contributed by atoms with Crippen LogP contribution in [0.15, 0.2) is 24.3 Å². The van der Waals surface area contributed by atoms with Crippen LogP contribution in [0.4, 0.5) is 4.79 Å². The van der Waals surface area contributed by atoms with Crippen molar-refractivity contribution >= 4 is 11.9 Å². The summed E-state index contributed by atoms with van der Waals surface area (Å²) in [5, 5.41) is 2.58. The average molecular weight is 451 g/mol. The molecule has 1 aliphatic carbocycles. The zero-order valence-corrected chi connectivity index (χ0v) is 20.7. The summed E-state index contributed by atoms with van der Waals surface area (Å²) in [6.45, 7) is 11.6. The lowest BCUT2D eigenvalue weighted by Crippen LogP contribution is -2.34. The number of benzene rings is 2. The van der Waals surface area contributed by atoms with E-state index in [4.69, 9.17) is 9.47 Å². The Balaban J connectivity index is 1.89. The summed E-state index contributed by atoms with van der Waals surface area (Å²) in [7, 11) is 3.24. The molecule has 0 radical (unpaired) electrons. The Morgan fingerprint density at radius 1 is 0.909 bits per heavy atom. The molecule has 0 unspecified atom stereocenters. The van der Waals surface area contributed by atoms with Gasteiger partial charge < -0.3 is 14.8 Å². The van der Waals surface area contributed by atoms with Gasteiger partial charge in [-0.3, -0.25) is 9.69 Å². The van der Waals surface area contributed by atoms with Gasteiger partial charge in [0.05, 0.1) is 27.3 Å². The lowest BCUT2D eigenvalue weighted by Gasteiger charge is -2.42. The minimum atomic E-state index is -0.370. The Morgan fingerprint density at radius 3 is 2.09 bits per heavy atom. The van der Waals surface area contributed by atoms with Crippen molar-refractivity contribution in [3.63, 3.8) is 0 Å². The first-order valence-corrected chi connectivity index (χ1v) is 11.5. The summed E-state index contributed by atoms with van der Waals surface area (Å²) >= 11 is 0. The number of ether oxygens (including phenoxy) is 2. The number of rotatable bonds is 5. The van der Waals surface area contributed by atoms with Gasteiger partial charge in [0.2, 0.25) is 5.91 Å². The first-order chi connectivity index (χ1) is 15.5. The molecule has 6 heteroatoms. The van der Waals surface area contributed by atoms with Gasteiger partial charge in [0.1, 0.15) is 0 Å². The Morgan fingerprint density at radius 2 is 1.55 bits per heavy atom. The summed E-state index contributed by atoms with van der Waals surface area (Å²) in [6.07, 6.45) is 2.28.